The van der Waals surface area contributed by atoms with E-state index in [0.29, 0.717) is 10.5 Å². The molecule has 2 atom stereocenters. The van der Waals surface area contributed by atoms with Crippen molar-refractivity contribution in [3.63, 3.8) is 0 Å². The number of ether oxygens (including phenoxy) is 1. The second kappa shape index (κ2) is 16.4. The van der Waals surface area contributed by atoms with Crippen LogP contribution in [0, 0.1) is 0 Å². The fourth-order valence-electron chi connectivity index (χ4n) is 4.03. The summed E-state index contributed by atoms with van der Waals surface area (Å²) in [5, 5.41) is 32.8. The summed E-state index contributed by atoms with van der Waals surface area (Å²) in [5.74, 6) is -4.84. The Bertz CT molecular complexity index is 1680. The number of hydrogen-bond donors (Lipinski definition) is 5. The summed E-state index contributed by atoms with van der Waals surface area (Å²) in [5.41, 5.74) is 0.00698. The minimum atomic E-state index is -4.84. The van der Waals surface area contributed by atoms with Gasteiger partial charge in [-0.05, 0) is 49.2 Å². The first-order chi connectivity index (χ1) is 22.1. The van der Waals surface area contributed by atoms with Crippen LogP contribution in [0.5, 0.6) is 5.75 Å². The number of halogens is 3. The Morgan fingerprint density at radius 1 is 0.979 bits per heavy atom. The van der Waals surface area contributed by atoms with Crippen molar-refractivity contribution in [1.29, 1.82) is 0 Å². The minimum Gasteiger partial charge on any atom is -0.481 e. The second-order valence-corrected chi connectivity index (χ2v) is 11.0. The van der Waals surface area contributed by atoms with Gasteiger partial charge in [0.25, 0.3) is 5.56 Å². The number of aliphatic carboxylic acids is 2. The Balaban J connectivity index is 1.64. The molecule has 3 rings (SSSR count). The van der Waals surface area contributed by atoms with Crippen molar-refractivity contribution in [3.05, 3.63) is 58.4 Å². The van der Waals surface area contributed by atoms with Crippen molar-refractivity contribution in [1.82, 2.24) is 30.9 Å². The van der Waals surface area contributed by atoms with Crippen molar-refractivity contribution < 1.29 is 52.1 Å². The molecule has 3 amide bonds. The molecule has 0 spiro atoms. The van der Waals surface area contributed by atoms with Crippen molar-refractivity contribution in [3.8, 4) is 5.75 Å². The lowest BCUT2D eigenvalue weighted by molar-refractivity contribution is -0.274. The molecule has 15 nitrogen and oxygen atoms in total. The number of benzene rings is 2. The van der Waals surface area contributed by atoms with E-state index >= 15 is 0 Å². The average Bonchev–Trinajstić information content (AvgIpc) is 2.98. The number of amides is 3. The van der Waals surface area contributed by atoms with Gasteiger partial charge < -0.3 is 30.9 Å². The smallest absolute Gasteiger partial charge is 0.481 e. The van der Waals surface area contributed by atoms with Crippen molar-refractivity contribution in [2.24, 2.45) is 0 Å². The molecule has 1 heterocycles. The molecule has 1 unspecified atom stereocenters. The van der Waals surface area contributed by atoms with E-state index in [9.17, 15) is 41.9 Å². The maximum atomic E-state index is 13.0. The highest BCUT2D eigenvalue weighted by Gasteiger charge is 2.31. The Morgan fingerprint density at radius 2 is 1.68 bits per heavy atom. The quantitative estimate of drug-likeness (QED) is 0.136. The van der Waals surface area contributed by atoms with Crippen LogP contribution in [0.2, 0.25) is 0 Å². The maximum absolute atomic E-state index is 13.0. The lowest BCUT2D eigenvalue weighted by Crippen LogP contribution is -2.49. The topological polar surface area (TPSA) is 219 Å². The van der Waals surface area contributed by atoms with Crippen LogP contribution in [0.4, 0.5) is 13.2 Å². The predicted octanol–water partition coefficient (Wildman–Crippen LogP) is 1.60. The second-order valence-electron chi connectivity index (χ2n) is 9.93. The number of hydrogen-bond acceptors (Lipinski definition) is 10. The Labute approximate surface area is 267 Å². The SMILES string of the molecule is C[C@H](NC(=O)Cn1nnc2cc(SCC(NC(=O)CCCC(=O)O)C(=O)NCC(=O)O)ccc2c1=O)c1ccc(OC(F)(F)F)cc1. The molecule has 3 aromatic rings. The van der Waals surface area contributed by atoms with Gasteiger partial charge in [-0.15, -0.1) is 30.0 Å². The van der Waals surface area contributed by atoms with Crippen LogP contribution in [0.15, 0.2) is 52.2 Å². The van der Waals surface area contributed by atoms with Crippen molar-refractivity contribution in [2.75, 3.05) is 12.3 Å². The Morgan fingerprint density at radius 3 is 2.32 bits per heavy atom. The molecule has 47 heavy (non-hydrogen) atoms. The fourth-order valence-corrected chi connectivity index (χ4v) is 4.98. The summed E-state index contributed by atoms with van der Waals surface area (Å²) in [4.78, 5) is 72.5. The van der Waals surface area contributed by atoms with Crippen LogP contribution in [0.25, 0.3) is 10.9 Å². The number of thioether (sulfide) groups is 1. The number of fused-ring (bicyclic) bond motifs is 1. The standard InChI is InChI=1S/C28H29F3N6O9S/c1-15(16-5-7-17(8-6-16)46-28(29,30)31)33-23(39)13-37-27(45)19-10-9-18(11-20(19)35-36-37)47-14-21(26(44)32-12-25(42)43)34-22(38)3-2-4-24(40)41/h5-11,15,21H,2-4,12-14H2,1H3,(H,32,44)(H,33,39)(H,34,38)(H,40,41)(H,42,43)/t15-,21?/m0/s1. The van der Waals surface area contributed by atoms with Gasteiger partial charge in [0.2, 0.25) is 17.7 Å². The fraction of sp³-hybridized carbons (Fsp3) is 0.357. The number of nitrogens with zero attached hydrogens (tertiary/aromatic N) is 3. The van der Waals surface area contributed by atoms with E-state index in [0.717, 1.165) is 28.6 Å². The number of aromatic nitrogens is 3. The third-order valence-electron chi connectivity index (χ3n) is 6.26. The van der Waals surface area contributed by atoms with Crippen LogP contribution < -0.4 is 26.2 Å². The Kier molecular flexibility index (Phi) is 12.6. The number of alkyl halides is 3. The number of rotatable bonds is 16. The average molecular weight is 683 g/mol. The van der Waals surface area contributed by atoms with Gasteiger partial charge in [-0.2, -0.15) is 0 Å². The summed E-state index contributed by atoms with van der Waals surface area (Å²) < 4.78 is 41.8. The zero-order valence-electron chi connectivity index (χ0n) is 24.6. The first kappa shape index (κ1) is 36.3. The highest BCUT2D eigenvalue weighted by molar-refractivity contribution is 7.99. The van der Waals surface area contributed by atoms with Crippen molar-refractivity contribution in [2.45, 2.75) is 56.1 Å². The first-order valence-corrected chi connectivity index (χ1v) is 14.8. The highest BCUT2D eigenvalue weighted by atomic mass is 32.2. The molecule has 1 aromatic heterocycles. The normalized spacial score (nSPS) is 12.5. The van der Waals surface area contributed by atoms with E-state index in [1.165, 1.54) is 30.3 Å². The minimum absolute atomic E-state index is 0.0390. The van der Waals surface area contributed by atoms with Crippen LogP contribution in [0.3, 0.4) is 0 Å². The van der Waals surface area contributed by atoms with Crippen LogP contribution in [-0.4, -0.2) is 79.6 Å². The number of nitrogens with one attached hydrogen (secondary N) is 3. The van der Waals surface area contributed by atoms with Gasteiger partial charge >= 0.3 is 18.3 Å². The molecule has 252 valence electrons. The molecular weight excluding hydrogens is 653 g/mol. The summed E-state index contributed by atoms with van der Waals surface area (Å²) in [6.45, 7) is 0.408. The molecule has 2 aromatic carbocycles. The lowest BCUT2D eigenvalue weighted by Gasteiger charge is -2.18. The maximum Gasteiger partial charge on any atom is 0.573 e. The van der Waals surface area contributed by atoms with E-state index in [1.54, 1.807) is 6.92 Å². The van der Waals surface area contributed by atoms with Crippen LogP contribution in [0.1, 0.15) is 37.8 Å². The molecule has 0 aliphatic rings. The molecule has 0 saturated carbocycles. The van der Waals surface area contributed by atoms with Gasteiger partial charge in [0, 0.05) is 23.5 Å². The van der Waals surface area contributed by atoms with E-state index in [2.05, 4.69) is 31.0 Å². The monoisotopic (exact) mass is 682 g/mol. The molecule has 5 N–H and O–H groups in total. The van der Waals surface area contributed by atoms with Gasteiger partial charge in [0.1, 0.15) is 30.4 Å². The number of carboxylic acid groups (broad SMARTS) is 2. The van der Waals surface area contributed by atoms with Crippen molar-refractivity contribution >= 4 is 52.3 Å². The largest absolute Gasteiger partial charge is 0.573 e. The third-order valence-corrected chi connectivity index (χ3v) is 7.34. The van der Waals surface area contributed by atoms with E-state index in [-0.39, 0.29) is 35.9 Å². The molecular formula is C28H29F3N6O9S. The molecule has 19 heteroatoms. The summed E-state index contributed by atoms with van der Waals surface area (Å²) in [6, 6.07) is 7.58. The zero-order valence-corrected chi connectivity index (χ0v) is 25.4. The van der Waals surface area contributed by atoms with Crippen LogP contribution in [-0.2, 0) is 30.5 Å². The third kappa shape index (κ3) is 11.9. The number of carbonyl (C=O) groups excluding carboxylic acids is 3. The van der Waals surface area contributed by atoms with E-state index < -0.39 is 72.5 Å². The zero-order chi connectivity index (χ0) is 34.7. The van der Waals surface area contributed by atoms with Gasteiger partial charge in [0.05, 0.1) is 11.4 Å². The van der Waals surface area contributed by atoms with Gasteiger partial charge in [-0.3, -0.25) is 28.8 Å². The molecule has 0 bridgehead atoms. The van der Waals surface area contributed by atoms with E-state index in [1.807, 2.05) is 0 Å². The summed E-state index contributed by atoms with van der Waals surface area (Å²) in [7, 11) is 0. The van der Waals surface area contributed by atoms with Gasteiger partial charge in [-0.1, -0.05) is 17.3 Å². The van der Waals surface area contributed by atoms with Crippen LogP contribution >= 0.6 is 11.8 Å². The molecule has 0 aliphatic carbocycles. The molecule has 0 saturated heterocycles. The highest BCUT2D eigenvalue weighted by Crippen LogP contribution is 2.25. The summed E-state index contributed by atoms with van der Waals surface area (Å²) >= 11 is 1.08. The van der Waals surface area contributed by atoms with Gasteiger partial charge in [-0.25, -0.2) is 4.68 Å². The summed E-state index contributed by atoms with van der Waals surface area (Å²) in [6.07, 6.45) is -5.21. The number of carboxylic acids is 2. The molecule has 0 radical (unpaired) electrons. The Hall–Kier alpha value is -5.20. The van der Waals surface area contributed by atoms with E-state index in [4.69, 9.17) is 10.2 Å². The lowest BCUT2D eigenvalue weighted by atomic mass is 10.1. The first-order valence-electron chi connectivity index (χ1n) is 13.8. The molecule has 0 aliphatic heterocycles. The number of carbonyl (C=O) groups is 5. The predicted molar refractivity (Wildman–Crippen MR) is 158 cm³/mol. The van der Waals surface area contributed by atoms with Gasteiger partial charge in [0.15, 0.2) is 0 Å². The molecule has 0 fully saturated rings.